The molecule has 21 heavy (non-hydrogen) atoms. The molecule has 0 bridgehead atoms. The lowest BCUT2D eigenvalue weighted by molar-refractivity contribution is 0.200. The summed E-state index contributed by atoms with van der Waals surface area (Å²) in [6.45, 7) is 7.34. The number of hydrogen-bond donors (Lipinski definition) is 1. The fourth-order valence-electron chi connectivity index (χ4n) is 1.82. The minimum absolute atomic E-state index is 0.714. The largest absolute Gasteiger partial charge is 0.492 e. The van der Waals surface area contributed by atoms with Gasteiger partial charge in [0.1, 0.15) is 5.75 Å². The molecule has 0 unspecified atom stereocenters. The van der Waals surface area contributed by atoms with Crippen molar-refractivity contribution < 1.29 is 9.47 Å². The van der Waals surface area contributed by atoms with Gasteiger partial charge in [-0.2, -0.15) is 0 Å². The number of ether oxygens (including phenoxy) is 2. The first-order valence-electron chi connectivity index (χ1n) is 7.07. The van der Waals surface area contributed by atoms with Crippen LogP contribution in [-0.2, 0) is 4.74 Å². The molecule has 1 rings (SSSR count). The normalized spacial score (nSPS) is 11.8. The zero-order valence-corrected chi connectivity index (χ0v) is 16.0. The molecule has 1 N–H and O–H groups in total. The van der Waals surface area contributed by atoms with Crippen LogP contribution in [0.15, 0.2) is 26.7 Å². The molecule has 5 heteroatoms. The van der Waals surface area contributed by atoms with Crippen LogP contribution in [0.3, 0.4) is 0 Å². The van der Waals surface area contributed by atoms with Crippen molar-refractivity contribution >= 4 is 37.9 Å². The maximum Gasteiger partial charge on any atom is 0.140 e. The van der Waals surface area contributed by atoms with Crippen LogP contribution in [0.25, 0.3) is 6.08 Å². The van der Waals surface area contributed by atoms with Gasteiger partial charge in [0.15, 0.2) is 0 Å². The monoisotopic (exact) mass is 419 g/mol. The summed E-state index contributed by atoms with van der Waals surface area (Å²) in [5, 5.41) is 3.34. The summed E-state index contributed by atoms with van der Waals surface area (Å²) in [7, 11) is 1.71. The molecule has 0 aliphatic heterocycles. The topological polar surface area (TPSA) is 30.5 Å². The molecule has 0 radical (unpaired) electrons. The Balaban J connectivity index is 2.83. The van der Waals surface area contributed by atoms with E-state index in [0.29, 0.717) is 6.61 Å². The summed E-state index contributed by atoms with van der Waals surface area (Å²) in [6.07, 6.45) is 3.14. The first kappa shape index (κ1) is 18.7. The molecule has 0 aliphatic carbocycles. The molecule has 0 atom stereocenters. The predicted octanol–water partition coefficient (Wildman–Crippen LogP) is 4.64. The summed E-state index contributed by atoms with van der Waals surface area (Å²) in [4.78, 5) is 0. The Bertz CT molecular complexity index is 476. The van der Waals surface area contributed by atoms with Gasteiger partial charge in [-0.15, -0.1) is 0 Å². The standard InChI is InChI=1S/C16H23Br2NO2/c1-4-6-21-16-13(9-14(17)10-15(16)18)8-12(2)11-19-5-7-20-3/h8-10,19H,4-7,11H2,1-3H3. The zero-order chi connectivity index (χ0) is 15.7. The number of halogens is 2. The number of rotatable bonds is 9. The van der Waals surface area contributed by atoms with Gasteiger partial charge in [0.25, 0.3) is 0 Å². The van der Waals surface area contributed by atoms with E-state index < -0.39 is 0 Å². The zero-order valence-electron chi connectivity index (χ0n) is 12.8. The molecular weight excluding hydrogens is 398 g/mol. The smallest absolute Gasteiger partial charge is 0.140 e. The van der Waals surface area contributed by atoms with Gasteiger partial charge in [0, 0.05) is 30.2 Å². The highest BCUT2D eigenvalue weighted by atomic mass is 79.9. The molecule has 0 saturated heterocycles. The average Bonchev–Trinajstić information content (AvgIpc) is 2.42. The van der Waals surface area contributed by atoms with Crippen molar-refractivity contribution in [2.24, 2.45) is 0 Å². The minimum atomic E-state index is 0.714. The highest BCUT2D eigenvalue weighted by Gasteiger charge is 2.09. The Morgan fingerprint density at radius 1 is 1.29 bits per heavy atom. The SMILES string of the molecule is CCCOc1c(Br)cc(Br)cc1C=C(C)CNCCOC. The van der Waals surface area contributed by atoms with Gasteiger partial charge in [-0.1, -0.05) is 34.5 Å². The molecule has 0 fully saturated rings. The molecule has 0 heterocycles. The molecule has 1 aromatic carbocycles. The highest BCUT2D eigenvalue weighted by Crippen LogP contribution is 2.34. The van der Waals surface area contributed by atoms with Gasteiger partial charge in [0.05, 0.1) is 17.7 Å². The van der Waals surface area contributed by atoms with E-state index in [2.05, 4.69) is 63.2 Å². The van der Waals surface area contributed by atoms with Crippen LogP contribution < -0.4 is 10.1 Å². The van der Waals surface area contributed by atoms with E-state index in [1.807, 2.05) is 6.07 Å². The Labute approximate surface area is 144 Å². The van der Waals surface area contributed by atoms with Crippen molar-refractivity contribution in [3.8, 4) is 5.75 Å². The van der Waals surface area contributed by atoms with Crippen molar-refractivity contribution in [3.05, 3.63) is 32.2 Å². The predicted molar refractivity (Wildman–Crippen MR) is 96.0 cm³/mol. The summed E-state index contributed by atoms with van der Waals surface area (Å²) in [5.74, 6) is 0.899. The second-order valence-corrected chi connectivity index (χ2v) is 6.58. The van der Waals surface area contributed by atoms with Crippen molar-refractivity contribution in [2.75, 3.05) is 33.4 Å². The third kappa shape index (κ3) is 6.96. The number of nitrogens with one attached hydrogen (secondary N) is 1. The van der Waals surface area contributed by atoms with Crippen molar-refractivity contribution in [1.82, 2.24) is 5.32 Å². The molecule has 3 nitrogen and oxygen atoms in total. The third-order valence-corrected chi connectivity index (χ3v) is 3.82. The van der Waals surface area contributed by atoms with Gasteiger partial charge in [0.2, 0.25) is 0 Å². The van der Waals surface area contributed by atoms with Gasteiger partial charge in [-0.25, -0.2) is 0 Å². The van der Waals surface area contributed by atoms with Gasteiger partial charge >= 0.3 is 0 Å². The van der Waals surface area contributed by atoms with Crippen LogP contribution in [0.2, 0.25) is 0 Å². The van der Waals surface area contributed by atoms with Crippen LogP contribution in [0.1, 0.15) is 25.8 Å². The van der Waals surface area contributed by atoms with Crippen LogP contribution >= 0.6 is 31.9 Å². The molecule has 0 aromatic heterocycles. The first-order valence-corrected chi connectivity index (χ1v) is 8.65. The minimum Gasteiger partial charge on any atom is -0.492 e. The fourth-order valence-corrected chi connectivity index (χ4v) is 3.19. The van der Waals surface area contributed by atoms with E-state index >= 15 is 0 Å². The van der Waals surface area contributed by atoms with Crippen LogP contribution in [0.4, 0.5) is 0 Å². The molecular formula is C16H23Br2NO2. The van der Waals surface area contributed by atoms with Gasteiger partial charge in [-0.05, 0) is 41.4 Å². The average molecular weight is 421 g/mol. The quantitative estimate of drug-likeness (QED) is 0.590. The summed E-state index contributed by atoms with van der Waals surface area (Å²) >= 11 is 7.11. The first-order chi connectivity index (χ1) is 10.1. The molecule has 118 valence electrons. The van der Waals surface area contributed by atoms with Gasteiger partial charge in [-0.3, -0.25) is 0 Å². The van der Waals surface area contributed by atoms with Crippen molar-refractivity contribution in [2.45, 2.75) is 20.3 Å². The molecule has 0 amide bonds. The molecule has 1 aromatic rings. The fraction of sp³-hybridized carbons (Fsp3) is 0.500. The maximum absolute atomic E-state index is 5.86. The lowest BCUT2D eigenvalue weighted by Gasteiger charge is -2.12. The van der Waals surface area contributed by atoms with Crippen molar-refractivity contribution in [3.63, 3.8) is 0 Å². The Morgan fingerprint density at radius 3 is 2.71 bits per heavy atom. The molecule has 0 spiro atoms. The Kier molecular flexibility index (Phi) is 9.24. The van der Waals surface area contributed by atoms with E-state index in [0.717, 1.165) is 46.4 Å². The van der Waals surface area contributed by atoms with E-state index in [1.165, 1.54) is 5.57 Å². The van der Waals surface area contributed by atoms with E-state index in [9.17, 15) is 0 Å². The number of methoxy groups -OCH3 is 1. The second kappa shape index (κ2) is 10.4. The van der Waals surface area contributed by atoms with Crippen LogP contribution in [0.5, 0.6) is 5.75 Å². The number of benzene rings is 1. The Morgan fingerprint density at radius 2 is 2.05 bits per heavy atom. The molecule has 0 saturated carbocycles. The molecule has 0 aliphatic rings. The van der Waals surface area contributed by atoms with E-state index in [4.69, 9.17) is 9.47 Å². The lowest BCUT2D eigenvalue weighted by Crippen LogP contribution is -2.20. The van der Waals surface area contributed by atoms with Crippen LogP contribution in [0, 0.1) is 0 Å². The third-order valence-electron chi connectivity index (χ3n) is 2.78. The van der Waals surface area contributed by atoms with E-state index in [-0.39, 0.29) is 0 Å². The maximum atomic E-state index is 5.86. The summed E-state index contributed by atoms with van der Waals surface area (Å²) in [5.41, 5.74) is 2.33. The van der Waals surface area contributed by atoms with Crippen LogP contribution in [-0.4, -0.2) is 33.4 Å². The summed E-state index contributed by atoms with van der Waals surface area (Å²) in [6, 6.07) is 4.09. The second-order valence-electron chi connectivity index (χ2n) is 4.81. The Hall–Kier alpha value is -0.360. The number of hydrogen-bond acceptors (Lipinski definition) is 3. The van der Waals surface area contributed by atoms with Gasteiger partial charge < -0.3 is 14.8 Å². The van der Waals surface area contributed by atoms with E-state index in [1.54, 1.807) is 7.11 Å². The highest BCUT2D eigenvalue weighted by molar-refractivity contribution is 9.11. The summed E-state index contributed by atoms with van der Waals surface area (Å²) < 4.78 is 12.9. The van der Waals surface area contributed by atoms with Crippen molar-refractivity contribution in [1.29, 1.82) is 0 Å². The lowest BCUT2D eigenvalue weighted by atomic mass is 10.1.